The van der Waals surface area contributed by atoms with Gasteiger partial charge in [-0.25, -0.2) is 17.9 Å². The highest BCUT2D eigenvalue weighted by Gasteiger charge is 2.19. The monoisotopic (exact) mass is 299 g/mol. The summed E-state index contributed by atoms with van der Waals surface area (Å²) in [5.41, 5.74) is -0.182. The second kappa shape index (κ2) is 7.06. The molecule has 0 radical (unpaired) electrons. The van der Waals surface area contributed by atoms with Crippen LogP contribution in [0.3, 0.4) is 0 Å². The second-order valence-corrected chi connectivity index (χ2v) is 5.64. The lowest BCUT2D eigenvalue weighted by Gasteiger charge is -2.10. The molecule has 0 amide bonds. The van der Waals surface area contributed by atoms with E-state index in [0.717, 1.165) is 6.07 Å². The lowest BCUT2D eigenvalue weighted by Crippen LogP contribution is -2.24. The van der Waals surface area contributed by atoms with Crippen molar-refractivity contribution in [1.29, 1.82) is 0 Å². The van der Waals surface area contributed by atoms with Crippen molar-refractivity contribution in [2.75, 3.05) is 13.2 Å². The molecule has 0 atom stereocenters. The predicted molar refractivity (Wildman–Crippen MR) is 74.6 cm³/mol. The van der Waals surface area contributed by atoms with Crippen LogP contribution in [0.1, 0.15) is 23.7 Å². The van der Waals surface area contributed by atoms with Gasteiger partial charge in [-0.3, -0.25) is 0 Å². The first kappa shape index (κ1) is 16.2. The van der Waals surface area contributed by atoms with Crippen molar-refractivity contribution in [2.24, 2.45) is 0 Å². The Labute approximate surface area is 118 Å². The maximum absolute atomic E-state index is 12.0. The average Bonchev–Trinajstić information content (AvgIpc) is 2.39. The van der Waals surface area contributed by atoms with E-state index in [1.807, 2.05) is 0 Å². The lowest BCUT2D eigenvalue weighted by molar-refractivity contribution is 0.0692. The molecule has 0 fully saturated rings. The molecule has 1 rings (SSSR count). The molecule has 20 heavy (non-hydrogen) atoms. The number of benzene rings is 1. The molecule has 0 aliphatic rings. The van der Waals surface area contributed by atoms with Gasteiger partial charge in [0.25, 0.3) is 0 Å². The van der Waals surface area contributed by atoms with E-state index in [9.17, 15) is 13.2 Å². The molecule has 2 N–H and O–H groups in total. The van der Waals surface area contributed by atoms with Gasteiger partial charge in [-0.1, -0.05) is 6.08 Å². The average molecular weight is 299 g/mol. The molecule has 1 aromatic rings. The van der Waals surface area contributed by atoms with Crippen LogP contribution in [0.4, 0.5) is 0 Å². The van der Waals surface area contributed by atoms with E-state index in [4.69, 9.17) is 9.84 Å². The zero-order valence-electron chi connectivity index (χ0n) is 11.1. The van der Waals surface area contributed by atoms with Gasteiger partial charge in [0.15, 0.2) is 0 Å². The summed E-state index contributed by atoms with van der Waals surface area (Å²) < 4.78 is 31.5. The standard InChI is InChI=1S/C13H17NO5S/c1-3-5-8-14-20(17,18)10-6-7-12(19-4-2)11(9-10)13(15)16/h3,6-7,9,14H,1,4-5,8H2,2H3,(H,15,16). The van der Waals surface area contributed by atoms with Gasteiger partial charge in [-0.15, -0.1) is 6.58 Å². The molecule has 0 bridgehead atoms. The predicted octanol–water partition coefficient (Wildman–Crippen LogP) is 1.64. The summed E-state index contributed by atoms with van der Waals surface area (Å²) in [4.78, 5) is 11.0. The van der Waals surface area contributed by atoms with Crippen molar-refractivity contribution in [2.45, 2.75) is 18.2 Å². The van der Waals surface area contributed by atoms with E-state index < -0.39 is 16.0 Å². The maximum Gasteiger partial charge on any atom is 0.339 e. The van der Waals surface area contributed by atoms with Gasteiger partial charge in [-0.05, 0) is 31.5 Å². The molecular formula is C13H17NO5S. The minimum atomic E-state index is -3.74. The Balaban J connectivity index is 3.10. The Bertz CT molecular complexity index is 595. The zero-order valence-corrected chi connectivity index (χ0v) is 11.9. The molecule has 0 unspecified atom stereocenters. The molecule has 110 valence electrons. The fraction of sp³-hybridized carbons (Fsp3) is 0.308. The highest BCUT2D eigenvalue weighted by molar-refractivity contribution is 7.89. The van der Waals surface area contributed by atoms with Crippen LogP contribution in [0.5, 0.6) is 5.75 Å². The number of hydrogen-bond donors (Lipinski definition) is 2. The van der Waals surface area contributed by atoms with Crippen LogP contribution in [0.15, 0.2) is 35.7 Å². The minimum Gasteiger partial charge on any atom is -0.493 e. The Hall–Kier alpha value is -1.86. The number of hydrogen-bond acceptors (Lipinski definition) is 4. The van der Waals surface area contributed by atoms with Crippen molar-refractivity contribution in [1.82, 2.24) is 4.72 Å². The first-order valence-electron chi connectivity index (χ1n) is 6.03. The van der Waals surface area contributed by atoms with E-state index in [1.54, 1.807) is 13.0 Å². The third-order valence-electron chi connectivity index (χ3n) is 2.43. The quantitative estimate of drug-likeness (QED) is 0.562. The van der Waals surface area contributed by atoms with E-state index in [2.05, 4.69) is 11.3 Å². The Morgan fingerprint density at radius 2 is 2.20 bits per heavy atom. The number of rotatable bonds is 8. The Morgan fingerprint density at radius 1 is 1.50 bits per heavy atom. The van der Waals surface area contributed by atoms with E-state index in [1.165, 1.54) is 12.1 Å². The van der Waals surface area contributed by atoms with Gasteiger partial charge in [0, 0.05) is 6.54 Å². The fourth-order valence-corrected chi connectivity index (χ4v) is 2.58. The summed E-state index contributed by atoms with van der Waals surface area (Å²) in [6.07, 6.45) is 2.07. The highest BCUT2D eigenvalue weighted by Crippen LogP contribution is 2.22. The molecule has 0 saturated heterocycles. The second-order valence-electron chi connectivity index (χ2n) is 3.87. The van der Waals surface area contributed by atoms with Gasteiger partial charge in [0.2, 0.25) is 10.0 Å². The highest BCUT2D eigenvalue weighted by atomic mass is 32.2. The smallest absolute Gasteiger partial charge is 0.339 e. The summed E-state index contributed by atoms with van der Waals surface area (Å²) in [5.74, 6) is -1.10. The Morgan fingerprint density at radius 3 is 2.75 bits per heavy atom. The third kappa shape index (κ3) is 4.07. The van der Waals surface area contributed by atoms with Crippen molar-refractivity contribution in [3.63, 3.8) is 0 Å². The molecular weight excluding hydrogens is 282 g/mol. The molecule has 1 aromatic carbocycles. The topological polar surface area (TPSA) is 92.7 Å². The summed E-state index contributed by atoms with van der Waals surface area (Å²) in [7, 11) is -3.74. The summed E-state index contributed by atoms with van der Waals surface area (Å²) in [5, 5.41) is 9.09. The summed E-state index contributed by atoms with van der Waals surface area (Å²) in [6, 6.07) is 3.74. The van der Waals surface area contributed by atoms with Crippen LogP contribution < -0.4 is 9.46 Å². The number of nitrogens with one attached hydrogen (secondary N) is 1. The van der Waals surface area contributed by atoms with Crippen LogP contribution in [0, 0.1) is 0 Å². The van der Waals surface area contributed by atoms with Crippen molar-refractivity contribution in [3.05, 3.63) is 36.4 Å². The summed E-state index contributed by atoms with van der Waals surface area (Å²) in [6.45, 7) is 5.71. The number of sulfonamides is 1. The molecule has 0 aliphatic carbocycles. The van der Waals surface area contributed by atoms with Crippen LogP contribution in [0.2, 0.25) is 0 Å². The largest absolute Gasteiger partial charge is 0.493 e. The number of carboxylic acid groups (broad SMARTS) is 1. The molecule has 7 heteroatoms. The van der Waals surface area contributed by atoms with Crippen LogP contribution in [0.25, 0.3) is 0 Å². The van der Waals surface area contributed by atoms with E-state index >= 15 is 0 Å². The summed E-state index contributed by atoms with van der Waals surface area (Å²) >= 11 is 0. The van der Waals surface area contributed by atoms with E-state index in [0.29, 0.717) is 13.0 Å². The SMILES string of the molecule is C=CCCNS(=O)(=O)c1ccc(OCC)c(C(=O)O)c1. The maximum atomic E-state index is 12.0. The van der Waals surface area contributed by atoms with E-state index in [-0.39, 0.29) is 22.8 Å². The Kier molecular flexibility index (Phi) is 5.72. The molecule has 0 spiro atoms. The van der Waals surface area contributed by atoms with Crippen molar-refractivity contribution in [3.8, 4) is 5.75 Å². The fourth-order valence-electron chi connectivity index (χ4n) is 1.50. The normalized spacial score (nSPS) is 11.1. The molecule has 6 nitrogen and oxygen atoms in total. The first-order valence-corrected chi connectivity index (χ1v) is 7.51. The third-order valence-corrected chi connectivity index (χ3v) is 3.89. The van der Waals surface area contributed by atoms with Crippen LogP contribution in [-0.4, -0.2) is 32.6 Å². The number of aromatic carboxylic acids is 1. The van der Waals surface area contributed by atoms with Crippen molar-refractivity contribution < 1.29 is 23.1 Å². The minimum absolute atomic E-state index is 0.109. The van der Waals surface area contributed by atoms with Gasteiger partial charge >= 0.3 is 5.97 Å². The van der Waals surface area contributed by atoms with Crippen molar-refractivity contribution >= 4 is 16.0 Å². The molecule has 0 aromatic heterocycles. The number of ether oxygens (including phenoxy) is 1. The number of carboxylic acids is 1. The van der Waals surface area contributed by atoms with Gasteiger partial charge in [0.1, 0.15) is 11.3 Å². The molecule has 0 heterocycles. The zero-order chi connectivity index (χ0) is 15.2. The van der Waals surface area contributed by atoms with Gasteiger partial charge in [-0.2, -0.15) is 0 Å². The number of carbonyl (C=O) groups is 1. The van der Waals surface area contributed by atoms with Crippen LogP contribution >= 0.6 is 0 Å². The van der Waals surface area contributed by atoms with Crippen LogP contribution in [-0.2, 0) is 10.0 Å². The molecule has 0 aliphatic heterocycles. The lowest BCUT2D eigenvalue weighted by atomic mass is 10.2. The first-order chi connectivity index (χ1) is 9.42. The molecule has 0 saturated carbocycles. The van der Waals surface area contributed by atoms with Gasteiger partial charge in [0.05, 0.1) is 11.5 Å². The van der Waals surface area contributed by atoms with Gasteiger partial charge < -0.3 is 9.84 Å².